The van der Waals surface area contributed by atoms with E-state index < -0.39 is 0 Å². The first-order valence-electron chi connectivity index (χ1n) is 9.63. The van der Waals surface area contributed by atoms with E-state index >= 15 is 0 Å². The quantitative estimate of drug-likeness (QED) is 0.383. The van der Waals surface area contributed by atoms with Crippen LogP contribution in [-0.4, -0.2) is 14.2 Å². The Hall–Kier alpha value is -3.46. The minimum atomic E-state index is -0.0340. The van der Waals surface area contributed by atoms with Crippen molar-refractivity contribution in [3.63, 3.8) is 0 Å². The summed E-state index contributed by atoms with van der Waals surface area (Å²) in [6, 6.07) is 29.1. The molecule has 146 valence electrons. The van der Waals surface area contributed by atoms with E-state index in [1.54, 1.807) is 14.2 Å². The third-order valence-electron chi connectivity index (χ3n) is 5.14. The molecule has 3 heteroatoms. The molecule has 0 radical (unpaired) electrons. The molecule has 0 aliphatic carbocycles. The molecule has 1 aromatic heterocycles. The van der Waals surface area contributed by atoms with Crippen LogP contribution < -0.4 is 9.47 Å². The Morgan fingerprint density at radius 1 is 0.655 bits per heavy atom. The topological polar surface area (TPSA) is 31.6 Å². The normalized spacial score (nSPS) is 11.8. The smallest absolute Gasteiger partial charge is 0.161 e. The summed E-state index contributed by atoms with van der Waals surface area (Å²) < 4.78 is 17.0. The lowest BCUT2D eigenvalue weighted by Gasteiger charge is -2.18. The van der Waals surface area contributed by atoms with Gasteiger partial charge in [-0.05, 0) is 53.4 Å². The lowest BCUT2D eigenvalue weighted by molar-refractivity contribution is 0.354. The molecule has 0 saturated heterocycles. The van der Waals surface area contributed by atoms with Gasteiger partial charge in [0.2, 0.25) is 0 Å². The molecule has 0 bridgehead atoms. The number of methoxy groups -OCH3 is 2. The molecule has 0 fully saturated rings. The van der Waals surface area contributed by atoms with E-state index in [1.165, 1.54) is 11.1 Å². The lowest BCUT2D eigenvalue weighted by Crippen LogP contribution is -2.03. The Labute approximate surface area is 171 Å². The zero-order valence-electron chi connectivity index (χ0n) is 16.9. The van der Waals surface area contributed by atoms with Crippen molar-refractivity contribution < 1.29 is 13.9 Å². The van der Waals surface area contributed by atoms with Crippen LogP contribution in [0.3, 0.4) is 0 Å². The van der Waals surface area contributed by atoms with Crippen LogP contribution in [0.5, 0.6) is 11.5 Å². The number of furan rings is 1. The second-order valence-electron chi connectivity index (χ2n) is 6.98. The number of rotatable bonds is 6. The van der Waals surface area contributed by atoms with Gasteiger partial charge in [-0.15, -0.1) is 0 Å². The molecule has 0 spiro atoms. The summed E-state index contributed by atoms with van der Waals surface area (Å²) in [5.74, 6) is 3.19. The van der Waals surface area contributed by atoms with Gasteiger partial charge in [-0.25, -0.2) is 0 Å². The summed E-state index contributed by atoms with van der Waals surface area (Å²) in [6.07, 6.45) is 0. The van der Waals surface area contributed by atoms with Crippen LogP contribution in [0.15, 0.2) is 89.3 Å². The third kappa shape index (κ3) is 3.90. The molecule has 0 unspecified atom stereocenters. The molecule has 0 aliphatic rings. The highest BCUT2D eigenvalue weighted by Gasteiger charge is 2.22. The first-order valence-corrected chi connectivity index (χ1v) is 9.63. The fourth-order valence-corrected chi connectivity index (χ4v) is 3.66. The minimum absolute atomic E-state index is 0.0340. The van der Waals surface area contributed by atoms with E-state index in [1.807, 2.05) is 37.3 Å². The van der Waals surface area contributed by atoms with E-state index in [-0.39, 0.29) is 5.92 Å². The number of aryl methyl sites for hydroxylation is 1. The van der Waals surface area contributed by atoms with Crippen LogP contribution in [0.1, 0.15) is 28.6 Å². The van der Waals surface area contributed by atoms with Gasteiger partial charge in [0.1, 0.15) is 11.5 Å². The fourth-order valence-electron chi connectivity index (χ4n) is 3.66. The Balaban J connectivity index is 1.78. The predicted octanol–water partition coefficient (Wildman–Crippen LogP) is 6.45. The van der Waals surface area contributed by atoms with Crippen molar-refractivity contribution >= 4 is 0 Å². The van der Waals surface area contributed by atoms with E-state index in [4.69, 9.17) is 13.9 Å². The van der Waals surface area contributed by atoms with Gasteiger partial charge in [-0.1, -0.05) is 60.7 Å². The first-order chi connectivity index (χ1) is 14.2. The molecule has 0 saturated carbocycles. The van der Waals surface area contributed by atoms with Crippen molar-refractivity contribution in [2.75, 3.05) is 14.2 Å². The van der Waals surface area contributed by atoms with Crippen LogP contribution in [-0.2, 0) is 0 Å². The molecular formula is C26H24O3. The standard InChI is InChI=1S/C26H24O3/c1-18-9-15-24(29-18)26(22-14-16-23(27-2)25(17-22)28-3)21-12-10-20(11-13-21)19-7-5-4-6-8-19/h4-17,26H,1-3H3/t26-/m0/s1. The minimum Gasteiger partial charge on any atom is -0.493 e. The van der Waals surface area contributed by atoms with Gasteiger partial charge in [-0.3, -0.25) is 0 Å². The fraction of sp³-hybridized carbons (Fsp3) is 0.154. The van der Waals surface area contributed by atoms with Crippen LogP contribution >= 0.6 is 0 Å². The Kier molecular flexibility index (Phi) is 5.39. The molecule has 1 heterocycles. The zero-order valence-corrected chi connectivity index (χ0v) is 16.9. The highest BCUT2D eigenvalue weighted by molar-refractivity contribution is 5.64. The maximum Gasteiger partial charge on any atom is 0.161 e. The van der Waals surface area contributed by atoms with Crippen molar-refractivity contribution in [2.24, 2.45) is 0 Å². The van der Waals surface area contributed by atoms with Crippen molar-refractivity contribution in [1.29, 1.82) is 0 Å². The van der Waals surface area contributed by atoms with Crippen LogP contribution in [0.4, 0.5) is 0 Å². The molecule has 29 heavy (non-hydrogen) atoms. The first kappa shape index (κ1) is 18.9. The van der Waals surface area contributed by atoms with Crippen molar-refractivity contribution in [3.8, 4) is 22.6 Å². The Bertz CT molecular complexity index is 1080. The van der Waals surface area contributed by atoms with Gasteiger partial charge in [0, 0.05) is 0 Å². The van der Waals surface area contributed by atoms with Crippen molar-refractivity contribution in [3.05, 3.63) is 108 Å². The van der Waals surface area contributed by atoms with E-state index in [0.29, 0.717) is 11.5 Å². The van der Waals surface area contributed by atoms with Crippen LogP contribution in [0.2, 0.25) is 0 Å². The SMILES string of the molecule is COc1ccc([C@H](c2ccc(-c3ccccc3)cc2)c2ccc(C)o2)cc1OC. The van der Waals surface area contributed by atoms with Gasteiger partial charge in [0.15, 0.2) is 11.5 Å². The molecule has 4 rings (SSSR count). The second kappa shape index (κ2) is 8.27. The largest absolute Gasteiger partial charge is 0.493 e. The van der Waals surface area contributed by atoms with Gasteiger partial charge >= 0.3 is 0 Å². The average molecular weight is 384 g/mol. The van der Waals surface area contributed by atoms with E-state index in [2.05, 4.69) is 54.6 Å². The zero-order chi connectivity index (χ0) is 20.2. The summed E-state index contributed by atoms with van der Waals surface area (Å²) in [5, 5.41) is 0. The lowest BCUT2D eigenvalue weighted by atomic mass is 9.88. The van der Waals surface area contributed by atoms with Crippen molar-refractivity contribution in [1.82, 2.24) is 0 Å². The van der Waals surface area contributed by atoms with Crippen LogP contribution in [0, 0.1) is 6.92 Å². The highest BCUT2D eigenvalue weighted by atomic mass is 16.5. The van der Waals surface area contributed by atoms with Gasteiger partial charge < -0.3 is 13.9 Å². The number of hydrogen-bond donors (Lipinski definition) is 0. The van der Waals surface area contributed by atoms with Gasteiger partial charge in [0.25, 0.3) is 0 Å². The molecule has 1 atom stereocenters. The highest BCUT2D eigenvalue weighted by Crippen LogP contribution is 2.38. The molecular weight excluding hydrogens is 360 g/mol. The number of benzene rings is 3. The predicted molar refractivity (Wildman–Crippen MR) is 116 cm³/mol. The Morgan fingerprint density at radius 2 is 1.31 bits per heavy atom. The van der Waals surface area contributed by atoms with Gasteiger partial charge in [0.05, 0.1) is 20.1 Å². The summed E-state index contributed by atoms with van der Waals surface area (Å²) in [4.78, 5) is 0. The average Bonchev–Trinajstić information content (AvgIpc) is 3.20. The summed E-state index contributed by atoms with van der Waals surface area (Å²) in [6.45, 7) is 1.97. The molecule has 0 N–H and O–H groups in total. The maximum atomic E-state index is 6.03. The molecule has 4 aromatic rings. The number of ether oxygens (including phenoxy) is 2. The molecule has 3 aromatic carbocycles. The van der Waals surface area contributed by atoms with Crippen LogP contribution in [0.25, 0.3) is 11.1 Å². The number of hydrogen-bond acceptors (Lipinski definition) is 3. The van der Waals surface area contributed by atoms with E-state index in [9.17, 15) is 0 Å². The third-order valence-corrected chi connectivity index (χ3v) is 5.14. The molecule has 3 nitrogen and oxygen atoms in total. The monoisotopic (exact) mass is 384 g/mol. The molecule has 0 aliphatic heterocycles. The van der Waals surface area contributed by atoms with Gasteiger partial charge in [-0.2, -0.15) is 0 Å². The summed E-state index contributed by atoms with van der Waals surface area (Å²) in [5.41, 5.74) is 4.64. The Morgan fingerprint density at radius 3 is 1.93 bits per heavy atom. The van der Waals surface area contributed by atoms with E-state index in [0.717, 1.165) is 22.6 Å². The summed E-state index contributed by atoms with van der Waals surface area (Å²) >= 11 is 0. The molecule has 0 amide bonds. The van der Waals surface area contributed by atoms with Crippen molar-refractivity contribution in [2.45, 2.75) is 12.8 Å². The second-order valence-corrected chi connectivity index (χ2v) is 6.98. The maximum absolute atomic E-state index is 6.03. The summed E-state index contributed by atoms with van der Waals surface area (Å²) in [7, 11) is 3.30.